The van der Waals surface area contributed by atoms with Crippen molar-refractivity contribution in [2.45, 2.75) is 114 Å². The maximum absolute atomic E-state index is 12.3. The van der Waals surface area contributed by atoms with Crippen LogP contribution < -0.4 is 5.32 Å². The van der Waals surface area contributed by atoms with Gasteiger partial charge in [0.2, 0.25) is 0 Å². The van der Waals surface area contributed by atoms with Gasteiger partial charge in [-0.3, -0.25) is 48.4 Å². The van der Waals surface area contributed by atoms with Crippen molar-refractivity contribution in [3.05, 3.63) is 0 Å². The predicted octanol–water partition coefficient (Wildman–Crippen LogP) is 3.67. The fourth-order valence-electron chi connectivity index (χ4n) is 6.01. The normalized spacial score (nSPS) is 16.8. The van der Waals surface area contributed by atoms with Gasteiger partial charge in [-0.05, 0) is 88.6 Å². The monoisotopic (exact) mass is 923 g/mol. The lowest BCUT2D eigenvalue weighted by Gasteiger charge is -2.27. The first-order chi connectivity index (χ1) is 27.7. The van der Waals surface area contributed by atoms with Gasteiger partial charge in [-0.2, -0.15) is 0 Å². The summed E-state index contributed by atoms with van der Waals surface area (Å²) in [6.45, 7) is 30.7. The van der Waals surface area contributed by atoms with Crippen molar-refractivity contribution in [1.82, 2.24) is 29.8 Å². The summed E-state index contributed by atoms with van der Waals surface area (Å²) < 4.78 is 20.5. The second-order valence-corrected chi connectivity index (χ2v) is 17.6. The first kappa shape index (κ1) is 59.6. The maximum atomic E-state index is 12.3. The van der Waals surface area contributed by atoms with E-state index in [-0.39, 0.29) is 49.4 Å². The first-order valence-corrected chi connectivity index (χ1v) is 22.4. The molecule has 0 aliphatic carbocycles. The summed E-state index contributed by atoms with van der Waals surface area (Å²) in [7, 11) is 0. The van der Waals surface area contributed by atoms with E-state index in [2.05, 4.69) is 50.5 Å². The molecule has 0 aromatic heterocycles. The number of nitrogens with zero attached hydrogens (tertiary/aromatic N) is 5. The molecule has 352 valence electrons. The Hall–Kier alpha value is -2.54. The van der Waals surface area contributed by atoms with Crippen molar-refractivity contribution in [2.75, 3.05) is 130 Å². The lowest BCUT2D eigenvalue weighted by Crippen LogP contribution is -2.41. The van der Waals surface area contributed by atoms with E-state index in [1.807, 2.05) is 55.4 Å². The van der Waals surface area contributed by atoms with E-state index in [0.29, 0.717) is 52.2 Å². The Labute approximate surface area is 371 Å². The lowest BCUT2D eigenvalue weighted by molar-refractivity contribution is -0.157. The Bertz CT molecular complexity index is 1230. The van der Waals surface area contributed by atoms with E-state index < -0.39 is 11.2 Å². The highest BCUT2D eigenvalue weighted by atomic mass is 79.9. The molecule has 2 saturated heterocycles. The third kappa shape index (κ3) is 36.1. The van der Waals surface area contributed by atoms with E-state index in [1.165, 1.54) is 0 Å². The number of halogens is 1. The van der Waals surface area contributed by atoms with Gasteiger partial charge in [-0.25, -0.2) is 0 Å². The second-order valence-electron chi connectivity index (χ2n) is 16.8. The molecule has 2 rings (SSSR count). The van der Waals surface area contributed by atoms with Crippen LogP contribution in [0.3, 0.4) is 0 Å². The average molecular weight is 924 g/mol. The zero-order chi connectivity index (χ0) is 44.9. The molecule has 0 aromatic rings. The molecule has 0 bridgehead atoms. The molecule has 2 fully saturated rings. The van der Waals surface area contributed by atoms with Crippen LogP contribution in [0.2, 0.25) is 0 Å². The SMILES string of the molecule is C.CC(=O)CN1CCNCCN(CC(=O)OC(C)(C)C)CC1.CCOC(=O)CCCBr.CCOC(=O)CCCN1CCN(CC(C)=O)CCN(CC(=O)OC(C)(C)C)CC1. The van der Waals surface area contributed by atoms with Crippen LogP contribution in [0.5, 0.6) is 0 Å². The smallest absolute Gasteiger partial charge is 0.320 e. The van der Waals surface area contributed by atoms with E-state index in [4.69, 9.17) is 14.2 Å². The molecular formula is C43H83BrN6O10. The van der Waals surface area contributed by atoms with Crippen molar-refractivity contribution in [1.29, 1.82) is 0 Å². The fraction of sp³-hybridized carbons (Fsp3) is 0.860. The van der Waals surface area contributed by atoms with Crippen LogP contribution >= 0.6 is 15.9 Å². The number of alkyl halides is 1. The standard InChI is InChI=1S/C21H39N3O5.C15H29N3O3.C6H11BrO2.CH4/c1-6-28-19(26)8-7-9-22-10-12-23(16-18(2)25)14-15-24(13-11-22)17-20(27)29-21(3,4)5;1-13(19)11-17-7-5-16-6-8-18(10-9-17)12-14(20)21-15(2,3)4;1-2-9-6(8)4-3-5-7;/h6-17H2,1-5H3;16H,5-12H2,1-4H3;2-5H2,1H3;1H4. The number of carbonyl (C=O) groups is 6. The van der Waals surface area contributed by atoms with Crippen LogP contribution in [-0.2, 0) is 47.7 Å². The zero-order valence-corrected chi connectivity index (χ0v) is 39.8. The first-order valence-electron chi connectivity index (χ1n) is 21.3. The van der Waals surface area contributed by atoms with Gasteiger partial charge in [-0.1, -0.05) is 23.4 Å². The molecule has 1 N–H and O–H groups in total. The number of nitrogens with one attached hydrogen (secondary N) is 1. The molecule has 17 heteroatoms. The average Bonchev–Trinajstić information content (AvgIpc) is 3.26. The molecule has 0 unspecified atom stereocenters. The second kappa shape index (κ2) is 34.0. The largest absolute Gasteiger partial charge is 0.466 e. The summed E-state index contributed by atoms with van der Waals surface area (Å²) in [5.41, 5.74) is -0.952. The highest BCUT2D eigenvalue weighted by molar-refractivity contribution is 9.09. The van der Waals surface area contributed by atoms with E-state index >= 15 is 0 Å². The number of hydrogen-bond donors (Lipinski definition) is 1. The van der Waals surface area contributed by atoms with Crippen LogP contribution in [0, 0.1) is 0 Å². The van der Waals surface area contributed by atoms with Gasteiger partial charge in [0.25, 0.3) is 0 Å². The van der Waals surface area contributed by atoms with E-state index in [9.17, 15) is 28.8 Å². The topological polar surface area (TPSA) is 168 Å². The number of ether oxygens (including phenoxy) is 4. The molecule has 60 heavy (non-hydrogen) atoms. The van der Waals surface area contributed by atoms with E-state index in [0.717, 1.165) is 96.7 Å². The van der Waals surface area contributed by atoms with Gasteiger partial charge in [0.05, 0.1) is 39.4 Å². The molecule has 16 nitrogen and oxygen atoms in total. The Morgan fingerprint density at radius 1 is 0.517 bits per heavy atom. The summed E-state index contributed by atoms with van der Waals surface area (Å²) in [4.78, 5) is 79.9. The van der Waals surface area contributed by atoms with Crippen LogP contribution in [0.4, 0.5) is 0 Å². The maximum Gasteiger partial charge on any atom is 0.320 e. The number of hydrogen-bond acceptors (Lipinski definition) is 16. The molecular weight excluding hydrogens is 840 g/mol. The predicted molar refractivity (Wildman–Crippen MR) is 240 cm³/mol. The minimum Gasteiger partial charge on any atom is -0.466 e. The molecule has 0 aromatic carbocycles. The molecule has 2 aliphatic rings. The summed E-state index contributed by atoms with van der Waals surface area (Å²) >= 11 is 3.22. The third-order valence-electron chi connectivity index (χ3n) is 8.56. The number of Topliss-reactive ketones (excluding diaryl/α,β-unsaturated/α-hetero) is 2. The number of esters is 4. The zero-order valence-electron chi connectivity index (χ0n) is 38.2. The van der Waals surface area contributed by atoms with Crippen molar-refractivity contribution in [3.63, 3.8) is 0 Å². The molecule has 0 amide bonds. The molecule has 0 spiro atoms. The Morgan fingerprint density at radius 2 is 0.850 bits per heavy atom. The van der Waals surface area contributed by atoms with Crippen LogP contribution in [0.15, 0.2) is 0 Å². The Morgan fingerprint density at radius 3 is 1.20 bits per heavy atom. The van der Waals surface area contributed by atoms with Gasteiger partial charge < -0.3 is 29.2 Å². The summed E-state index contributed by atoms with van der Waals surface area (Å²) in [6.07, 6.45) is 2.53. The van der Waals surface area contributed by atoms with E-state index in [1.54, 1.807) is 13.8 Å². The van der Waals surface area contributed by atoms with Crippen molar-refractivity contribution >= 4 is 51.4 Å². The van der Waals surface area contributed by atoms with Crippen molar-refractivity contribution in [2.24, 2.45) is 0 Å². The molecule has 0 atom stereocenters. The van der Waals surface area contributed by atoms with Crippen molar-refractivity contribution in [3.8, 4) is 0 Å². The van der Waals surface area contributed by atoms with Gasteiger partial charge >= 0.3 is 23.9 Å². The minimum atomic E-state index is -0.503. The van der Waals surface area contributed by atoms with Crippen LogP contribution in [0.25, 0.3) is 0 Å². The van der Waals surface area contributed by atoms with Crippen LogP contribution in [-0.4, -0.2) is 201 Å². The highest BCUT2D eigenvalue weighted by Gasteiger charge is 2.23. The number of carbonyl (C=O) groups excluding carboxylic acids is 6. The molecule has 2 aliphatic heterocycles. The molecule has 0 radical (unpaired) electrons. The summed E-state index contributed by atoms with van der Waals surface area (Å²) in [6, 6.07) is 0. The Balaban J connectivity index is 0. The minimum absolute atomic E-state index is 0. The van der Waals surface area contributed by atoms with Crippen LogP contribution in [0.1, 0.15) is 102 Å². The third-order valence-corrected chi connectivity index (χ3v) is 9.12. The fourth-order valence-corrected chi connectivity index (χ4v) is 6.29. The summed E-state index contributed by atoms with van der Waals surface area (Å²) in [5, 5.41) is 4.20. The van der Waals surface area contributed by atoms with Gasteiger partial charge in [-0.15, -0.1) is 0 Å². The summed E-state index contributed by atoms with van der Waals surface area (Å²) in [5.74, 6) is -0.383. The highest BCUT2D eigenvalue weighted by Crippen LogP contribution is 2.10. The van der Waals surface area contributed by atoms with Crippen molar-refractivity contribution < 1.29 is 47.7 Å². The van der Waals surface area contributed by atoms with Gasteiger partial charge in [0.1, 0.15) is 22.8 Å². The number of ketones is 2. The van der Waals surface area contributed by atoms with Gasteiger partial charge in [0.15, 0.2) is 0 Å². The quantitative estimate of drug-likeness (QED) is 0.127. The van der Waals surface area contributed by atoms with Gasteiger partial charge in [0, 0.05) is 96.7 Å². The Kier molecular flexibility index (Phi) is 33.8. The lowest BCUT2D eigenvalue weighted by atomic mass is 10.2. The number of rotatable bonds is 17. The molecule has 2 heterocycles. The molecule has 0 saturated carbocycles.